The summed E-state index contributed by atoms with van der Waals surface area (Å²) < 4.78 is 0. The highest BCUT2D eigenvalue weighted by Gasteiger charge is 2.31. The molecule has 1 saturated heterocycles. The van der Waals surface area contributed by atoms with Crippen molar-refractivity contribution in [3.63, 3.8) is 0 Å². The first kappa shape index (κ1) is 34.2. The summed E-state index contributed by atoms with van der Waals surface area (Å²) >= 11 is 0. The van der Waals surface area contributed by atoms with Crippen LogP contribution in [0.3, 0.4) is 0 Å². The molecule has 14 nitrogen and oxygen atoms in total. The zero-order valence-electron chi connectivity index (χ0n) is 26.0. The van der Waals surface area contributed by atoms with Gasteiger partial charge >= 0.3 is 0 Å². The number of carbonyl (C=O) groups is 5. The highest BCUT2D eigenvalue weighted by atomic mass is 16.3. The molecule has 0 spiro atoms. The molecule has 0 unspecified atom stereocenters. The van der Waals surface area contributed by atoms with Gasteiger partial charge in [-0.2, -0.15) is 0 Å². The molecule has 3 aromatic rings. The Balaban J connectivity index is 1.60. The number of nitrogens with zero attached hydrogens (tertiary/aromatic N) is 1. The highest BCUT2D eigenvalue weighted by molar-refractivity contribution is 5.97. The maximum Gasteiger partial charge on any atom is 0.243 e. The number of phenolic OH excluding ortho intramolecular Hbond substituents is 1. The Morgan fingerprint density at radius 1 is 0.745 bits per heavy atom. The van der Waals surface area contributed by atoms with Crippen LogP contribution in [0.15, 0.2) is 71.7 Å². The van der Waals surface area contributed by atoms with Crippen molar-refractivity contribution in [2.45, 2.75) is 56.8 Å². The lowest BCUT2D eigenvalue weighted by atomic mass is 10.0. The second-order valence-corrected chi connectivity index (χ2v) is 11.4. The zero-order valence-corrected chi connectivity index (χ0v) is 26.0. The number of amides is 5. The molecule has 1 fully saturated rings. The average Bonchev–Trinajstić information content (AvgIpc) is 3.04. The van der Waals surface area contributed by atoms with Crippen LogP contribution in [0.25, 0.3) is 10.8 Å². The number of carbonyl (C=O) groups excluding carboxylic acids is 5. The van der Waals surface area contributed by atoms with Crippen molar-refractivity contribution in [3.8, 4) is 5.75 Å². The lowest BCUT2D eigenvalue weighted by Gasteiger charge is -2.24. The van der Waals surface area contributed by atoms with E-state index in [0.717, 1.165) is 16.3 Å². The minimum atomic E-state index is -1.15. The Morgan fingerprint density at radius 3 is 2.09 bits per heavy atom. The van der Waals surface area contributed by atoms with Gasteiger partial charge in [-0.05, 0) is 53.8 Å². The summed E-state index contributed by atoms with van der Waals surface area (Å²) in [7, 11) is 0. The number of hydrogen-bond donors (Lipinski definition) is 8. The minimum absolute atomic E-state index is 0.0230. The summed E-state index contributed by atoms with van der Waals surface area (Å²) in [6, 6.07) is 15.1. The summed E-state index contributed by atoms with van der Waals surface area (Å²) in [6.07, 6.45) is 0.572. The first-order chi connectivity index (χ1) is 22.5. The van der Waals surface area contributed by atoms with E-state index in [1.807, 2.05) is 42.5 Å². The molecule has 10 N–H and O–H groups in total. The van der Waals surface area contributed by atoms with Crippen molar-refractivity contribution in [3.05, 3.63) is 77.9 Å². The molecule has 0 aliphatic carbocycles. The molecule has 0 saturated carbocycles. The fraction of sp³-hybridized carbons (Fsp3) is 0.333. The molecule has 14 heteroatoms. The third-order valence-electron chi connectivity index (χ3n) is 7.67. The van der Waals surface area contributed by atoms with E-state index in [2.05, 4.69) is 31.6 Å². The van der Waals surface area contributed by atoms with Crippen molar-refractivity contribution in [1.82, 2.24) is 26.6 Å². The molecule has 0 aromatic heterocycles. The minimum Gasteiger partial charge on any atom is -0.508 e. The Hall–Kier alpha value is -5.66. The third kappa shape index (κ3) is 10.2. The summed E-state index contributed by atoms with van der Waals surface area (Å²) in [5.74, 6) is -3.32. The van der Waals surface area contributed by atoms with Crippen LogP contribution < -0.4 is 38.1 Å². The molecule has 0 radical (unpaired) electrons. The van der Waals surface area contributed by atoms with Crippen molar-refractivity contribution in [1.29, 1.82) is 0 Å². The average molecular weight is 645 g/mol. The summed E-state index contributed by atoms with van der Waals surface area (Å²) in [5.41, 5.74) is 12.2. The van der Waals surface area contributed by atoms with Gasteiger partial charge in [-0.25, -0.2) is 0 Å². The van der Waals surface area contributed by atoms with Gasteiger partial charge in [-0.3, -0.25) is 29.0 Å². The fourth-order valence-corrected chi connectivity index (χ4v) is 5.14. The molecule has 1 aliphatic rings. The number of benzene rings is 3. The van der Waals surface area contributed by atoms with Crippen molar-refractivity contribution in [2.75, 3.05) is 13.1 Å². The maximum absolute atomic E-state index is 13.5. The second-order valence-electron chi connectivity index (χ2n) is 11.4. The van der Waals surface area contributed by atoms with Crippen LogP contribution in [0.4, 0.5) is 0 Å². The summed E-state index contributed by atoms with van der Waals surface area (Å²) in [6.45, 7) is 1.18. The second kappa shape index (κ2) is 16.1. The van der Waals surface area contributed by atoms with Crippen molar-refractivity contribution >= 4 is 46.3 Å². The SMILES string of the molecule is C[C@@H]1NC(=O)[C@H](CCCN=C(N)N)NC(=O)[C@@H](Cc2ccc(O)cc2)NC(=O)CNC(=O)[C@H](Cc2ccc3ccccc3c2)NC1=O. The van der Waals surface area contributed by atoms with Crippen LogP contribution >= 0.6 is 0 Å². The van der Waals surface area contributed by atoms with Gasteiger partial charge in [-0.15, -0.1) is 0 Å². The zero-order chi connectivity index (χ0) is 33.9. The van der Waals surface area contributed by atoms with E-state index in [-0.39, 0.29) is 37.5 Å². The Kier molecular flexibility index (Phi) is 11.7. The molecule has 1 heterocycles. The number of phenols is 1. The Morgan fingerprint density at radius 2 is 1.36 bits per heavy atom. The smallest absolute Gasteiger partial charge is 0.243 e. The number of nitrogens with one attached hydrogen (secondary N) is 5. The predicted molar refractivity (Wildman–Crippen MR) is 176 cm³/mol. The molecule has 0 bridgehead atoms. The van der Waals surface area contributed by atoms with E-state index >= 15 is 0 Å². The van der Waals surface area contributed by atoms with Gasteiger partial charge in [0.2, 0.25) is 29.5 Å². The number of hydrogen-bond acceptors (Lipinski definition) is 7. The normalized spacial score (nSPS) is 21.3. The van der Waals surface area contributed by atoms with E-state index < -0.39 is 60.2 Å². The Labute approximate surface area is 271 Å². The number of aromatic hydroxyl groups is 1. The van der Waals surface area contributed by atoms with Crippen molar-refractivity contribution in [2.24, 2.45) is 16.5 Å². The van der Waals surface area contributed by atoms with Crippen LogP contribution in [-0.2, 0) is 36.8 Å². The van der Waals surface area contributed by atoms with Crippen LogP contribution in [0, 0.1) is 0 Å². The van der Waals surface area contributed by atoms with Crippen LogP contribution in [0.2, 0.25) is 0 Å². The largest absolute Gasteiger partial charge is 0.508 e. The highest BCUT2D eigenvalue weighted by Crippen LogP contribution is 2.17. The molecular formula is C33H40N8O6. The Bertz CT molecular complexity index is 1640. The van der Waals surface area contributed by atoms with Gasteiger partial charge in [0, 0.05) is 19.4 Å². The fourth-order valence-electron chi connectivity index (χ4n) is 5.14. The van der Waals surface area contributed by atoms with Crippen LogP contribution in [0.5, 0.6) is 5.75 Å². The van der Waals surface area contributed by atoms with Gasteiger partial charge in [0.15, 0.2) is 5.96 Å². The number of fused-ring (bicyclic) bond motifs is 1. The van der Waals surface area contributed by atoms with Gasteiger partial charge in [0.05, 0.1) is 6.54 Å². The van der Waals surface area contributed by atoms with Gasteiger partial charge in [-0.1, -0.05) is 54.6 Å². The number of aliphatic imine (C=N–C) groups is 1. The van der Waals surface area contributed by atoms with Gasteiger partial charge < -0.3 is 43.2 Å². The van der Waals surface area contributed by atoms with E-state index in [1.165, 1.54) is 19.1 Å². The van der Waals surface area contributed by atoms with Gasteiger partial charge in [0.1, 0.15) is 29.9 Å². The predicted octanol–water partition coefficient (Wildman–Crippen LogP) is -0.527. The number of rotatable bonds is 8. The molecule has 5 amide bonds. The van der Waals surface area contributed by atoms with E-state index in [0.29, 0.717) is 12.0 Å². The van der Waals surface area contributed by atoms with Crippen LogP contribution in [-0.4, -0.2) is 77.9 Å². The monoisotopic (exact) mass is 644 g/mol. The molecule has 47 heavy (non-hydrogen) atoms. The standard InChI is InChI=1S/C33H40N8O6/c1-19-29(44)41-26(17-21-8-11-22-5-2-3-6-23(22)15-21)30(45)37-18-28(43)39-27(16-20-9-12-24(42)13-10-20)32(47)40-25(31(46)38-19)7-4-14-36-33(34)35/h2-3,5-6,8-13,15,19,25-27,42H,4,7,14,16-18H2,1H3,(H,37,45)(H,38,46)(H,39,43)(H,40,47)(H,41,44)(H4,34,35,36)/t19-,25-,26-,27+/m0/s1. The van der Waals surface area contributed by atoms with E-state index in [9.17, 15) is 29.1 Å². The quantitative estimate of drug-likeness (QED) is 0.0901. The number of nitrogens with two attached hydrogens (primary N) is 2. The number of guanidine groups is 1. The van der Waals surface area contributed by atoms with E-state index in [1.54, 1.807) is 12.1 Å². The summed E-state index contributed by atoms with van der Waals surface area (Å²) in [4.78, 5) is 70.6. The first-order valence-electron chi connectivity index (χ1n) is 15.3. The lowest BCUT2D eigenvalue weighted by Crippen LogP contribution is -2.57. The molecule has 3 aromatic carbocycles. The third-order valence-corrected chi connectivity index (χ3v) is 7.67. The molecular weight excluding hydrogens is 604 g/mol. The molecule has 1 aliphatic heterocycles. The van der Waals surface area contributed by atoms with Crippen LogP contribution in [0.1, 0.15) is 30.9 Å². The topological polar surface area (TPSA) is 230 Å². The molecule has 248 valence electrons. The molecule has 4 rings (SSSR count). The molecule has 4 atom stereocenters. The van der Waals surface area contributed by atoms with Gasteiger partial charge in [0.25, 0.3) is 0 Å². The first-order valence-corrected chi connectivity index (χ1v) is 15.3. The summed E-state index contributed by atoms with van der Waals surface area (Å²) in [5, 5.41) is 24.9. The van der Waals surface area contributed by atoms with E-state index in [4.69, 9.17) is 11.5 Å². The lowest BCUT2D eigenvalue weighted by molar-refractivity contribution is -0.133. The maximum atomic E-state index is 13.5. The van der Waals surface area contributed by atoms with Crippen molar-refractivity contribution < 1.29 is 29.1 Å².